The van der Waals surface area contributed by atoms with Crippen molar-refractivity contribution in [3.63, 3.8) is 0 Å². The van der Waals surface area contributed by atoms with E-state index in [-0.39, 0.29) is 17.7 Å². The molecule has 0 radical (unpaired) electrons. The van der Waals surface area contributed by atoms with E-state index in [0.29, 0.717) is 39.1 Å². The number of likely N-dealkylation sites (tertiary alicyclic amines) is 1. The number of rotatable bonds is 4. The summed E-state index contributed by atoms with van der Waals surface area (Å²) < 4.78 is 17.7. The second kappa shape index (κ2) is 7.53. The van der Waals surface area contributed by atoms with Crippen molar-refractivity contribution in [2.24, 2.45) is 0 Å². The SMILES string of the molecule is COCCN1C(=O)CS(=O)C12CCN(C(=O)Nc1ccccc1)CC2. The lowest BCUT2D eigenvalue weighted by molar-refractivity contribution is -0.131. The van der Waals surface area contributed by atoms with Crippen LogP contribution < -0.4 is 5.32 Å². The van der Waals surface area contributed by atoms with Gasteiger partial charge in [0.1, 0.15) is 10.6 Å². The highest BCUT2D eigenvalue weighted by molar-refractivity contribution is 7.87. The first-order chi connectivity index (χ1) is 12.1. The molecular formula is C17H23N3O4S. The van der Waals surface area contributed by atoms with Gasteiger partial charge in [0.25, 0.3) is 0 Å². The molecule has 0 aliphatic carbocycles. The van der Waals surface area contributed by atoms with Crippen molar-refractivity contribution < 1.29 is 18.5 Å². The molecule has 1 unspecified atom stereocenters. The molecule has 7 nitrogen and oxygen atoms in total. The average molecular weight is 365 g/mol. The number of carbonyl (C=O) groups excluding carboxylic acids is 2. The topological polar surface area (TPSA) is 79.0 Å². The van der Waals surface area contributed by atoms with Gasteiger partial charge < -0.3 is 19.9 Å². The number of anilines is 1. The molecule has 1 aromatic rings. The number of carbonyl (C=O) groups is 2. The fourth-order valence-electron chi connectivity index (χ4n) is 3.47. The van der Waals surface area contributed by atoms with Crippen LogP contribution >= 0.6 is 0 Å². The summed E-state index contributed by atoms with van der Waals surface area (Å²) in [7, 11) is 0.349. The Kier molecular flexibility index (Phi) is 5.39. The number of benzene rings is 1. The number of hydrogen-bond acceptors (Lipinski definition) is 4. The Hall–Kier alpha value is -1.93. The lowest BCUT2D eigenvalue weighted by Gasteiger charge is -2.43. The van der Waals surface area contributed by atoms with E-state index in [1.54, 1.807) is 16.9 Å². The van der Waals surface area contributed by atoms with Crippen LogP contribution in [0.15, 0.2) is 30.3 Å². The molecule has 0 aromatic heterocycles. The Labute approximate surface area is 149 Å². The maximum atomic E-state index is 12.6. The standard InChI is InChI=1S/C17H23N3O4S/c1-24-12-11-20-15(21)13-25(23)17(20)7-9-19(10-8-17)16(22)18-14-5-3-2-4-6-14/h2-6H,7-13H2,1H3,(H,18,22). The molecule has 1 spiro atoms. The van der Waals surface area contributed by atoms with Crippen LogP contribution in [0.3, 0.4) is 0 Å². The van der Waals surface area contributed by atoms with Gasteiger partial charge in [-0.3, -0.25) is 9.00 Å². The van der Waals surface area contributed by atoms with Gasteiger partial charge in [-0.15, -0.1) is 0 Å². The molecule has 1 atom stereocenters. The van der Waals surface area contributed by atoms with Gasteiger partial charge in [0.15, 0.2) is 0 Å². The average Bonchev–Trinajstić information content (AvgIpc) is 2.84. The molecule has 2 aliphatic heterocycles. The van der Waals surface area contributed by atoms with Crippen molar-refractivity contribution in [1.82, 2.24) is 9.80 Å². The molecule has 2 heterocycles. The second-order valence-electron chi connectivity index (χ2n) is 6.26. The molecule has 0 bridgehead atoms. The van der Waals surface area contributed by atoms with Gasteiger partial charge in [0.2, 0.25) is 5.91 Å². The summed E-state index contributed by atoms with van der Waals surface area (Å²) in [5, 5.41) is 2.87. The number of para-hydroxylation sites is 1. The summed E-state index contributed by atoms with van der Waals surface area (Å²) in [6.07, 6.45) is 1.05. The number of hydrogen-bond donors (Lipinski definition) is 1. The van der Waals surface area contributed by atoms with Gasteiger partial charge in [0, 0.05) is 45.3 Å². The van der Waals surface area contributed by atoms with Crippen molar-refractivity contribution >= 4 is 28.4 Å². The van der Waals surface area contributed by atoms with Gasteiger partial charge in [-0.1, -0.05) is 18.2 Å². The Bertz CT molecular complexity index is 659. The highest BCUT2D eigenvalue weighted by Gasteiger charge is 2.52. The molecule has 1 N–H and O–H groups in total. The number of ether oxygens (including phenoxy) is 1. The quantitative estimate of drug-likeness (QED) is 0.871. The molecule has 136 valence electrons. The zero-order valence-electron chi connectivity index (χ0n) is 14.3. The van der Waals surface area contributed by atoms with E-state index in [0.717, 1.165) is 5.69 Å². The van der Waals surface area contributed by atoms with E-state index >= 15 is 0 Å². The first-order valence-electron chi connectivity index (χ1n) is 8.36. The van der Waals surface area contributed by atoms with Crippen LogP contribution in [-0.2, 0) is 20.3 Å². The van der Waals surface area contributed by atoms with E-state index in [4.69, 9.17) is 4.74 Å². The zero-order chi connectivity index (χ0) is 17.9. The number of nitrogens with zero attached hydrogens (tertiary/aromatic N) is 2. The fourth-order valence-corrected chi connectivity index (χ4v) is 5.19. The maximum Gasteiger partial charge on any atom is 0.321 e. The molecule has 25 heavy (non-hydrogen) atoms. The molecule has 1 aromatic carbocycles. The van der Waals surface area contributed by atoms with Crippen molar-refractivity contribution in [3.8, 4) is 0 Å². The van der Waals surface area contributed by atoms with Crippen LogP contribution in [0.25, 0.3) is 0 Å². The summed E-state index contributed by atoms with van der Waals surface area (Å²) in [6.45, 7) is 1.81. The predicted molar refractivity (Wildman–Crippen MR) is 95.6 cm³/mol. The summed E-state index contributed by atoms with van der Waals surface area (Å²) >= 11 is 0. The fraction of sp³-hybridized carbons (Fsp3) is 0.529. The summed E-state index contributed by atoms with van der Waals surface area (Å²) in [6, 6.07) is 9.12. The van der Waals surface area contributed by atoms with Crippen LogP contribution in [0.4, 0.5) is 10.5 Å². The lowest BCUT2D eigenvalue weighted by atomic mass is 10.0. The molecule has 8 heteroatoms. The third-order valence-corrected chi connectivity index (χ3v) is 6.83. The van der Waals surface area contributed by atoms with Crippen LogP contribution in [0.1, 0.15) is 12.8 Å². The second-order valence-corrected chi connectivity index (χ2v) is 8.00. The monoisotopic (exact) mass is 365 g/mol. The minimum Gasteiger partial charge on any atom is -0.383 e. The largest absolute Gasteiger partial charge is 0.383 e. The van der Waals surface area contributed by atoms with Gasteiger partial charge in [-0.05, 0) is 12.1 Å². The highest BCUT2D eigenvalue weighted by Crippen LogP contribution is 2.37. The summed E-state index contributed by atoms with van der Waals surface area (Å²) in [5.41, 5.74) is 0.745. The van der Waals surface area contributed by atoms with Gasteiger partial charge in [-0.2, -0.15) is 0 Å². The van der Waals surface area contributed by atoms with Crippen LogP contribution in [0, 0.1) is 0 Å². The van der Waals surface area contributed by atoms with Gasteiger partial charge in [-0.25, -0.2) is 4.79 Å². The van der Waals surface area contributed by atoms with Crippen LogP contribution in [0.5, 0.6) is 0 Å². The summed E-state index contributed by atoms with van der Waals surface area (Å²) in [5.74, 6) is -0.0162. The number of amides is 3. The highest BCUT2D eigenvalue weighted by atomic mass is 32.2. The molecular weight excluding hydrogens is 342 g/mol. The Balaban J connectivity index is 1.64. The van der Waals surface area contributed by atoms with Crippen molar-refractivity contribution in [2.45, 2.75) is 17.7 Å². The molecule has 3 amide bonds. The number of piperidine rings is 1. The third-order valence-electron chi connectivity index (χ3n) is 4.85. The van der Waals surface area contributed by atoms with Crippen molar-refractivity contribution in [1.29, 1.82) is 0 Å². The number of urea groups is 1. The van der Waals surface area contributed by atoms with E-state index in [9.17, 15) is 13.8 Å². The van der Waals surface area contributed by atoms with Crippen LogP contribution in [0.2, 0.25) is 0 Å². The zero-order valence-corrected chi connectivity index (χ0v) is 15.1. The van der Waals surface area contributed by atoms with Gasteiger partial charge >= 0.3 is 6.03 Å². The minimum absolute atomic E-state index is 0.0694. The van der Waals surface area contributed by atoms with Crippen molar-refractivity contribution in [3.05, 3.63) is 30.3 Å². The van der Waals surface area contributed by atoms with Crippen LogP contribution in [-0.4, -0.2) is 69.9 Å². The Morgan fingerprint density at radius 1 is 1.28 bits per heavy atom. The van der Waals surface area contributed by atoms with E-state index in [2.05, 4.69) is 5.32 Å². The first-order valence-corrected chi connectivity index (χ1v) is 9.67. The first kappa shape index (κ1) is 17.9. The molecule has 0 saturated carbocycles. The van der Waals surface area contributed by atoms with E-state index < -0.39 is 15.7 Å². The smallest absolute Gasteiger partial charge is 0.321 e. The Morgan fingerprint density at radius 2 is 1.96 bits per heavy atom. The molecule has 3 rings (SSSR count). The maximum absolute atomic E-state index is 12.6. The minimum atomic E-state index is -1.24. The number of nitrogens with one attached hydrogen (secondary N) is 1. The predicted octanol–water partition coefficient (Wildman–Crippen LogP) is 1.25. The lowest BCUT2D eigenvalue weighted by Crippen LogP contribution is -2.56. The summed E-state index contributed by atoms with van der Waals surface area (Å²) in [4.78, 5) is 27.4. The Morgan fingerprint density at radius 3 is 2.60 bits per heavy atom. The van der Waals surface area contributed by atoms with E-state index in [1.807, 2.05) is 30.3 Å². The normalized spacial score (nSPS) is 22.4. The van der Waals surface area contributed by atoms with E-state index in [1.165, 1.54) is 0 Å². The van der Waals surface area contributed by atoms with Gasteiger partial charge in [0.05, 0.1) is 17.4 Å². The molecule has 2 aliphatic rings. The molecule has 2 fully saturated rings. The van der Waals surface area contributed by atoms with Crippen molar-refractivity contribution in [2.75, 3.05) is 44.4 Å². The molecule has 2 saturated heterocycles. The third kappa shape index (κ3) is 3.55. The number of methoxy groups -OCH3 is 1.